The number of sulfone groups is 1. The number of ether oxygens (including phenoxy) is 1. The lowest BCUT2D eigenvalue weighted by molar-refractivity contribution is 0.253. The summed E-state index contributed by atoms with van der Waals surface area (Å²) >= 11 is 0. The Bertz CT molecular complexity index is 321. The van der Waals surface area contributed by atoms with Gasteiger partial charge in [0.25, 0.3) is 0 Å². The van der Waals surface area contributed by atoms with Crippen LogP contribution in [0.4, 0.5) is 0 Å². The van der Waals surface area contributed by atoms with E-state index in [0.29, 0.717) is 12.4 Å². The van der Waals surface area contributed by atoms with Gasteiger partial charge in [-0.25, -0.2) is 8.42 Å². The van der Waals surface area contributed by atoms with Crippen LogP contribution in [0.3, 0.4) is 0 Å². The van der Waals surface area contributed by atoms with E-state index in [2.05, 4.69) is 0 Å². The lowest BCUT2D eigenvalue weighted by Gasteiger charge is -2.12. The summed E-state index contributed by atoms with van der Waals surface area (Å²) in [5, 5.41) is -0.219. The molecule has 0 amide bonds. The van der Waals surface area contributed by atoms with Gasteiger partial charge in [-0.1, -0.05) is 6.42 Å². The zero-order chi connectivity index (χ0) is 10.0. The Balaban J connectivity index is 1.71. The molecule has 0 radical (unpaired) electrons. The van der Waals surface area contributed by atoms with E-state index in [1.807, 2.05) is 0 Å². The molecule has 1 aliphatic heterocycles. The Kier molecular flexibility index (Phi) is 2.81. The molecule has 14 heavy (non-hydrogen) atoms. The second-order valence-corrected chi connectivity index (χ2v) is 6.45. The topological polar surface area (TPSA) is 43.4 Å². The molecule has 0 bridgehead atoms. The van der Waals surface area contributed by atoms with E-state index in [4.69, 9.17) is 4.74 Å². The van der Waals surface area contributed by atoms with Gasteiger partial charge < -0.3 is 4.74 Å². The molecule has 1 aliphatic carbocycles. The second-order valence-electron chi connectivity index (χ2n) is 4.12. The maximum absolute atomic E-state index is 10.9. The van der Waals surface area contributed by atoms with Crippen LogP contribution >= 0.6 is 0 Å². The first-order valence-electron chi connectivity index (χ1n) is 5.19. The lowest BCUT2D eigenvalue weighted by atomic mass is 9.96. The molecule has 2 fully saturated rings. The highest BCUT2D eigenvalue weighted by molar-refractivity contribution is 7.99. The Hall–Kier alpha value is -0.510. The fraction of sp³-hybridized carbons (Fsp3) is 0.800. The van der Waals surface area contributed by atoms with Crippen LogP contribution in [0, 0.1) is 0 Å². The summed E-state index contributed by atoms with van der Waals surface area (Å²) in [6, 6.07) is 0. The van der Waals surface area contributed by atoms with Crippen LogP contribution in [0.15, 0.2) is 11.8 Å². The first-order valence-corrected chi connectivity index (χ1v) is 6.91. The molecule has 1 atom stereocenters. The monoisotopic (exact) mass is 216 g/mol. The standard InChI is InChI=1S/C10H16O3S/c11-14(12)8-10(14)7-13-6-9-4-2-1-3-5-9/h6,10H,1-5,7-8H2. The molecule has 4 heteroatoms. The van der Waals surface area contributed by atoms with Crippen molar-refractivity contribution in [1.29, 1.82) is 0 Å². The summed E-state index contributed by atoms with van der Waals surface area (Å²) in [7, 11) is -2.71. The number of rotatable bonds is 3. The lowest BCUT2D eigenvalue weighted by Crippen LogP contribution is -2.01. The summed E-state index contributed by atoms with van der Waals surface area (Å²) < 4.78 is 27.0. The van der Waals surface area contributed by atoms with Gasteiger partial charge in [0, 0.05) is 0 Å². The van der Waals surface area contributed by atoms with Crippen molar-refractivity contribution in [2.45, 2.75) is 37.4 Å². The van der Waals surface area contributed by atoms with E-state index in [1.165, 1.54) is 24.8 Å². The predicted octanol–water partition coefficient (Wildman–Crippen LogP) is 1.65. The summed E-state index contributed by atoms with van der Waals surface area (Å²) in [4.78, 5) is 0. The van der Waals surface area contributed by atoms with Gasteiger partial charge in [-0.05, 0) is 31.3 Å². The highest BCUT2D eigenvalue weighted by Crippen LogP contribution is 2.24. The Morgan fingerprint density at radius 1 is 1.29 bits per heavy atom. The Morgan fingerprint density at radius 3 is 2.50 bits per heavy atom. The van der Waals surface area contributed by atoms with Gasteiger partial charge in [0.05, 0.1) is 12.0 Å². The maximum Gasteiger partial charge on any atom is 0.158 e. The minimum Gasteiger partial charge on any atom is -0.500 e. The number of hydrogen-bond acceptors (Lipinski definition) is 3. The molecular weight excluding hydrogens is 200 g/mol. The molecule has 2 aliphatic rings. The molecule has 0 aromatic rings. The summed E-state index contributed by atoms with van der Waals surface area (Å²) in [5.74, 6) is 0.316. The van der Waals surface area contributed by atoms with Crippen LogP contribution in [-0.4, -0.2) is 26.0 Å². The van der Waals surface area contributed by atoms with Crippen LogP contribution in [0.25, 0.3) is 0 Å². The van der Waals surface area contributed by atoms with Gasteiger partial charge in [-0.2, -0.15) is 0 Å². The van der Waals surface area contributed by atoms with E-state index in [0.717, 1.165) is 12.8 Å². The third kappa shape index (κ3) is 2.50. The van der Waals surface area contributed by atoms with Gasteiger partial charge in [-0.3, -0.25) is 0 Å². The molecule has 1 heterocycles. The molecule has 0 N–H and O–H groups in total. The first kappa shape index (κ1) is 10.0. The minimum absolute atomic E-state index is 0.219. The summed E-state index contributed by atoms with van der Waals surface area (Å²) in [6.45, 7) is 0.353. The summed E-state index contributed by atoms with van der Waals surface area (Å²) in [6.07, 6.45) is 7.84. The molecule has 0 aromatic carbocycles. The molecule has 0 aromatic heterocycles. The number of allylic oxidation sites excluding steroid dienone is 1. The van der Waals surface area contributed by atoms with Gasteiger partial charge in [0.1, 0.15) is 11.9 Å². The number of hydrogen-bond donors (Lipinski definition) is 0. The van der Waals surface area contributed by atoms with Gasteiger partial charge in [-0.15, -0.1) is 0 Å². The highest BCUT2D eigenvalue weighted by Gasteiger charge is 2.43. The fourth-order valence-corrected chi connectivity index (χ4v) is 2.92. The van der Waals surface area contributed by atoms with Crippen LogP contribution in [0.5, 0.6) is 0 Å². The molecule has 1 unspecified atom stereocenters. The maximum atomic E-state index is 10.9. The quantitative estimate of drug-likeness (QED) is 0.532. The van der Waals surface area contributed by atoms with Crippen LogP contribution in [0.2, 0.25) is 0 Å². The zero-order valence-corrected chi connectivity index (χ0v) is 9.05. The summed E-state index contributed by atoms with van der Waals surface area (Å²) in [5.41, 5.74) is 1.34. The predicted molar refractivity (Wildman–Crippen MR) is 54.7 cm³/mol. The van der Waals surface area contributed by atoms with Crippen molar-refractivity contribution in [1.82, 2.24) is 0 Å². The zero-order valence-electron chi connectivity index (χ0n) is 8.24. The second kappa shape index (κ2) is 3.93. The van der Waals surface area contributed by atoms with E-state index in [9.17, 15) is 8.42 Å². The average molecular weight is 216 g/mol. The normalized spacial score (nSPS) is 29.7. The minimum atomic E-state index is -2.71. The van der Waals surface area contributed by atoms with E-state index in [-0.39, 0.29) is 5.25 Å². The van der Waals surface area contributed by atoms with Crippen molar-refractivity contribution in [3.8, 4) is 0 Å². The molecule has 1 saturated carbocycles. The van der Waals surface area contributed by atoms with Crippen LogP contribution in [0.1, 0.15) is 32.1 Å². The van der Waals surface area contributed by atoms with E-state index in [1.54, 1.807) is 6.26 Å². The van der Waals surface area contributed by atoms with Crippen LogP contribution in [-0.2, 0) is 14.6 Å². The molecule has 80 valence electrons. The Morgan fingerprint density at radius 2 is 1.93 bits per heavy atom. The van der Waals surface area contributed by atoms with Crippen LogP contribution < -0.4 is 0 Å². The van der Waals surface area contributed by atoms with Crippen molar-refractivity contribution in [3.63, 3.8) is 0 Å². The third-order valence-electron chi connectivity index (χ3n) is 2.84. The molecule has 1 saturated heterocycles. The van der Waals surface area contributed by atoms with Gasteiger partial charge in [0.2, 0.25) is 0 Å². The van der Waals surface area contributed by atoms with E-state index >= 15 is 0 Å². The van der Waals surface area contributed by atoms with Gasteiger partial charge >= 0.3 is 0 Å². The van der Waals surface area contributed by atoms with Crippen molar-refractivity contribution in [3.05, 3.63) is 11.8 Å². The average Bonchev–Trinajstić information content (AvgIpc) is 2.76. The van der Waals surface area contributed by atoms with E-state index < -0.39 is 9.84 Å². The highest BCUT2D eigenvalue weighted by atomic mass is 32.2. The van der Waals surface area contributed by atoms with Crippen molar-refractivity contribution in [2.75, 3.05) is 12.4 Å². The SMILES string of the molecule is O=S1(=O)CC1COC=C1CCCCC1. The van der Waals surface area contributed by atoms with Gasteiger partial charge in [0.15, 0.2) is 9.84 Å². The molecule has 2 rings (SSSR count). The molecule has 3 nitrogen and oxygen atoms in total. The Labute approximate surface area is 85.1 Å². The third-order valence-corrected chi connectivity index (χ3v) is 4.60. The van der Waals surface area contributed by atoms with Crippen molar-refractivity contribution < 1.29 is 13.2 Å². The smallest absolute Gasteiger partial charge is 0.158 e. The fourth-order valence-electron chi connectivity index (χ4n) is 1.77. The van der Waals surface area contributed by atoms with Crippen molar-refractivity contribution in [2.24, 2.45) is 0 Å². The van der Waals surface area contributed by atoms with Crippen molar-refractivity contribution >= 4 is 9.84 Å². The largest absolute Gasteiger partial charge is 0.500 e. The molecule has 0 spiro atoms. The molecular formula is C10H16O3S. The first-order chi connectivity index (χ1) is 6.68.